The number of esters is 2. The molecule has 1 N–H and O–H groups in total. The molecule has 5 aliphatic rings. The maximum absolute atomic E-state index is 12.6. The number of aryl methyl sites for hydroxylation is 1. The molecule has 0 radical (unpaired) electrons. The Bertz CT molecular complexity index is 1160. The zero-order valence-corrected chi connectivity index (χ0v) is 25.6. The lowest BCUT2D eigenvalue weighted by atomic mass is 9.44. The lowest BCUT2D eigenvalue weighted by molar-refractivity contribution is -0.152. The van der Waals surface area contributed by atoms with Gasteiger partial charge in [-0.3, -0.25) is 4.79 Å². The van der Waals surface area contributed by atoms with Gasteiger partial charge in [-0.15, -0.1) is 0 Å². The van der Waals surface area contributed by atoms with E-state index in [2.05, 4.69) is 20.8 Å². The molecule has 1 aliphatic heterocycles. The topological polar surface area (TPSA) is 82.1 Å². The molecule has 6 nitrogen and oxygen atoms in total. The number of hydrogen-bond donors (Lipinski definition) is 1. The van der Waals surface area contributed by atoms with Gasteiger partial charge in [0.1, 0.15) is 0 Å². The molecule has 4 aliphatic carbocycles. The third-order valence-electron chi connectivity index (χ3n) is 12.9. The summed E-state index contributed by atoms with van der Waals surface area (Å²) in [5.41, 5.74) is 4.42. The first-order valence-corrected chi connectivity index (χ1v) is 16.3. The molecule has 6 rings (SSSR count). The molecule has 0 saturated heterocycles. The highest BCUT2D eigenvalue weighted by atomic mass is 16.7. The first-order chi connectivity index (χ1) is 19.6. The van der Waals surface area contributed by atoms with Crippen LogP contribution in [0, 0.1) is 53.3 Å². The summed E-state index contributed by atoms with van der Waals surface area (Å²) in [5.74, 6) is 3.46. The van der Waals surface area contributed by atoms with Gasteiger partial charge in [0.05, 0.1) is 24.9 Å². The van der Waals surface area contributed by atoms with Crippen molar-refractivity contribution in [3.63, 3.8) is 0 Å². The van der Waals surface area contributed by atoms with Gasteiger partial charge < -0.3 is 19.3 Å². The Morgan fingerprint density at radius 2 is 1.78 bits per heavy atom. The molecule has 1 unspecified atom stereocenters. The van der Waals surface area contributed by atoms with E-state index >= 15 is 0 Å². The van der Waals surface area contributed by atoms with Crippen molar-refractivity contribution < 1.29 is 28.9 Å². The largest absolute Gasteiger partial charge is 0.428 e. The number of ether oxygens (including phenoxy) is 3. The van der Waals surface area contributed by atoms with Crippen molar-refractivity contribution in [1.82, 2.24) is 0 Å². The van der Waals surface area contributed by atoms with Gasteiger partial charge in [-0.2, -0.15) is 0 Å². The van der Waals surface area contributed by atoms with Crippen LogP contribution in [0.1, 0.15) is 118 Å². The maximum Gasteiger partial charge on any atom is 0.341 e. The van der Waals surface area contributed by atoms with Crippen molar-refractivity contribution in [2.24, 2.45) is 46.3 Å². The molecule has 4 fully saturated rings. The number of carbonyl (C=O) groups excluding carboxylic acids is 2. The summed E-state index contributed by atoms with van der Waals surface area (Å²) in [5, 5.41) is 10.3. The van der Waals surface area contributed by atoms with Crippen LogP contribution in [-0.4, -0.2) is 29.9 Å². The van der Waals surface area contributed by atoms with Crippen molar-refractivity contribution in [3.05, 3.63) is 34.4 Å². The second kappa shape index (κ2) is 11.3. The molecule has 1 aromatic carbocycles. The standard InChI is InChI=1S/C35H50O6/c1-21(5-10-32(37)40-20-41-33(38)23-15-22(2)28-19-39-18-24(28)16-23)29-8-9-30-27-7-6-25-17-26(36)11-13-34(25,3)31(27)12-14-35(29,30)4/h15-16,21,25-27,29-31,36H,5-14,17-20H2,1-4H3/t21-,25?,26+,27+,29-,30+,31+,34+,35-/m1/s1. The highest BCUT2D eigenvalue weighted by Gasteiger charge is 2.60. The van der Waals surface area contributed by atoms with Crippen LogP contribution in [0.15, 0.2) is 12.1 Å². The number of carbonyl (C=O) groups is 2. The number of aliphatic hydroxyl groups excluding tert-OH is 1. The molecule has 4 saturated carbocycles. The minimum atomic E-state index is -0.475. The summed E-state index contributed by atoms with van der Waals surface area (Å²) in [4.78, 5) is 25.1. The van der Waals surface area contributed by atoms with Crippen LogP contribution < -0.4 is 0 Å². The molecule has 0 aromatic heterocycles. The molecular weight excluding hydrogens is 516 g/mol. The molecule has 9 atom stereocenters. The molecule has 226 valence electrons. The van der Waals surface area contributed by atoms with Gasteiger partial charge in [-0.05, 0) is 146 Å². The number of hydrogen-bond acceptors (Lipinski definition) is 6. The molecule has 1 heterocycles. The van der Waals surface area contributed by atoms with Gasteiger partial charge in [0.2, 0.25) is 6.79 Å². The van der Waals surface area contributed by atoms with Crippen molar-refractivity contribution in [2.75, 3.05) is 6.79 Å². The number of fused-ring (bicyclic) bond motifs is 6. The quantitative estimate of drug-likeness (QED) is 0.280. The van der Waals surface area contributed by atoms with E-state index in [0.717, 1.165) is 53.7 Å². The van der Waals surface area contributed by atoms with Gasteiger partial charge in [0.15, 0.2) is 0 Å². The third-order valence-corrected chi connectivity index (χ3v) is 12.9. The van der Waals surface area contributed by atoms with E-state index in [1.165, 1.54) is 44.9 Å². The lowest BCUT2D eigenvalue weighted by Crippen LogP contribution is -2.54. The number of benzene rings is 1. The second-order valence-corrected chi connectivity index (χ2v) is 14.8. The second-order valence-electron chi connectivity index (χ2n) is 14.8. The Morgan fingerprint density at radius 1 is 1.00 bits per heavy atom. The fourth-order valence-electron chi connectivity index (χ4n) is 10.7. The Labute approximate surface area is 245 Å². The lowest BCUT2D eigenvalue weighted by Gasteiger charge is -2.61. The molecule has 41 heavy (non-hydrogen) atoms. The summed E-state index contributed by atoms with van der Waals surface area (Å²) in [6, 6.07) is 3.63. The van der Waals surface area contributed by atoms with Crippen molar-refractivity contribution in [2.45, 2.75) is 118 Å². The van der Waals surface area contributed by atoms with E-state index in [9.17, 15) is 14.7 Å². The summed E-state index contributed by atoms with van der Waals surface area (Å²) >= 11 is 0. The Kier molecular flexibility index (Phi) is 8.04. The van der Waals surface area contributed by atoms with Crippen LogP contribution in [0.2, 0.25) is 0 Å². The predicted octanol–water partition coefficient (Wildman–Crippen LogP) is 7.12. The fraction of sp³-hybridized carbons (Fsp3) is 0.771. The van der Waals surface area contributed by atoms with Gasteiger partial charge in [0.25, 0.3) is 0 Å². The molecule has 0 spiro atoms. The first kappa shape index (κ1) is 29.2. The summed E-state index contributed by atoms with van der Waals surface area (Å²) < 4.78 is 16.1. The van der Waals surface area contributed by atoms with E-state index in [-0.39, 0.29) is 18.9 Å². The normalized spacial score (nSPS) is 38.3. The predicted molar refractivity (Wildman–Crippen MR) is 156 cm³/mol. The zero-order valence-electron chi connectivity index (χ0n) is 25.6. The molecule has 0 amide bonds. The van der Waals surface area contributed by atoms with Crippen molar-refractivity contribution in [3.8, 4) is 0 Å². The monoisotopic (exact) mass is 566 g/mol. The van der Waals surface area contributed by atoms with Gasteiger partial charge in [-0.25, -0.2) is 4.79 Å². The highest BCUT2D eigenvalue weighted by molar-refractivity contribution is 5.90. The summed E-state index contributed by atoms with van der Waals surface area (Å²) in [7, 11) is 0. The van der Waals surface area contributed by atoms with Crippen LogP contribution >= 0.6 is 0 Å². The van der Waals surface area contributed by atoms with E-state index in [4.69, 9.17) is 14.2 Å². The smallest absolute Gasteiger partial charge is 0.341 e. The van der Waals surface area contributed by atoms with Gasteiger partial charge >= 0.3 is 11.9 Å². The molecule has 0 bridgehead atoms. The Balaban J connectivity index is 0.985. The van der Waals surface area contributed by atoms with E-state index in [0.29, 0.717) is 53.8 Å². The van der Waals surface area contributed by atoms with Gasteiger partial charge in [0, 0.05) is 6.42 Å². The summed E-state index contributed by atoms with van der Waals surface area (Å²) in [6.07, 6.45) is 12.1. The average molecular weight is 567 g/mol. The summed E-state index contributed by atoms with van der Waals surface area (Å²) in [6.45, 7) is 10.2. The first-order valence-electron chi connectivity index (χ1n) is 16.3. The minimum absolute atomic E-state index is 0.0850. The molecule has 6 heteroatoms. The van der Waals surface area contributed by atoms with E-state index in [1.807, 2.05) is 19.1 Å². The van der Waals surface area contributed by atoms with Crippen LogP contribution in [0.3, 0.4) is 0 Å². The maximum atomic E-state index is 12.6. The fourth-order valence-corrected chi connectivity index (χ4v) is 10.7. The SMILES string of the molecule is Cc1cc(C(=O)OCOC(=O)CC[C@@H](C)[C@H]2CC[C@H]3[C@@H]4CCC5C[C@@H](O)CC[C@]5(C)[C@H]4CC[C@]23C)cc2c1COC2. The van der Waals surface area contributed by atoms with E-state index < -0.39 is 5.97 Å². The van der Waals surface area contributed by atoms with Crippen LogP contribution in [0.25, 0.3) is 0 Å². The van der Waals surface area contributed by atoms with Crippen LogP contribution in [-0.2, 0) is 32.2 Å². The highest BCUT2D eigenvalue weighted by Crippen LogP contribution is 2.68. The van der Waals surface area contributed by atoms with Crippen LogP contribution in [0.5, 0.6) is 0 Å². The number of aliphatic hydroxyl groups is 1. The molecular formula is C35H50O6. The van der Waals surface area contributed by atoms with Crippen LogP contribution in [0.4, 0.5) is 0 Å². The van der Waals surface area contributed by atoms with Crippen molar-refractivity contribution in [1.29, 1.82) is 0 Å². The Morgan fingerprint density at radius 3 is 2.61 bits per heavy atom. The number of rotatable bonds is 7. The van der Waals surface area contributed by atoms with Crippen molar-refractivity contribution >= 4 is 11.9 Å². The molecule has 1 aromatic rings. The third kappa shape index (κ3) is 5.26. The average Bonchev–Trinajstić information content (AvgIpc) is 3.56. The zero-order chi connectivity index (χ0) is 28.9. The minimum Gasteiger partial charge on any atom is -0.428 e. The van der Waals surface area contributed by atoms with Gasteiger partial charge in [-0.1, -0.05) is 20.8 Å². The Hall–Kier alpha value is -1.92. The van der Waals surface area contributed by atoms with E-state index in [1.54, 1.807) is 0 Å².